The summed E-state index contributed by atoms with van der Waals surface area (Å²) in [5.41, 5.74) is 0.859. The highest BCUT2D eigenvalue weighted by atomic mass is 16.5. The first-order valence-corrected chi connectivity index (χ1v) is 8.78. The topological polar surface area (TPSA) is 102 Å². The Balaban J connectivity index is 2.51. The molecule has 0 aliphatic carbocycles. The molecule has 0 aromatic heterocycles. The number of hydrogen-bond acceptors (Lipinski definition) is 5. The number of nitrogens with one attached hydrogen (secondary N) is 2. The van der Waals surface area contributed by atoms with E-state index in [9.17, 15) is 19.2 Å². The smallest absolute Gasteiger partial charge is 0.328 e. The third-order valence-electron chi connectivity index (χ3n) is 3.41. The van der Waals surface area contributed by atoms with Crippen LogP contribution < -0.4 is 10.6 Å². The Morgan fingerprint density at radius 1 is 1.11 bits per heavy atom. The molecule has 146 valence electrons. The SMILES string of the molecule is CC(=O)CCC(NC(=O)CNC(=O)/C=C/c1ccccc1)C(=O)OC(C)C. The molecule has 0 heterocycles. The van der Waals surface area contributed by atoms with Gasteiger partial charge in [0.1, 0.15) is 11.8 Å². The first-order chi connectivity index (χ1) is 12.8. The number of rotatable bonds is 10. The minimum atomic E-state index is -0.930. The van der Waals surface area contributed by atoms with Crippen LogP contribution in [0.4, 0.5) is 0 Å². The molecule has 2 N–H and O–H groups in total. The van der Waals surface area contributed by atoms with Crippen LogP contribution in [0.15, 0.2) is 36.4 Å². The molecule has 0 radical (unpaired) electrons. The zero-order chi connectivity index (χ0) is 20.2. The summed E-state index contributed by atoms with van der Waals surface area (Å²) < 4.78 is 5.10. The van der Waals surface area contributed by atoms with Crippen LogP contribution >= 0.6 is 0 Å². The normalized spacial score (nSPS) is 11.9. The van der Waals surface area contributed by atoms with Crippen molar-refractivity contribution in [1.29, 1.82) is 0 Å². The van der Waals surface area contributed by atoms with Crippen LogP contribution in [0.25, 0.3) is 6.08 Å². The summed E-state index contributed by atoms with van der Waals surface area (Å²) in [7, 11) is 0. The molecule has 0 bridgehead atoms. The third-order valence-corrected chi connectivity index (χ3v) is 3.41. The maximum Gasteiger partial charge on any atom is 0.328 e. The molecule has 1 atom stereocenters. The van der Waals surface area contributed by atoms with E-state index in [-0.39, 0.29) is 31.3 Å². The fourth-order valence-corrected chi connectivity index (χ4v) is 2.12. The molecule has 0 aliphatic heterocycles. The number of carbonyl (C=O) groups excluding carboxylic acids is 4. The van der Waals surface area contributed by atoms with Gasteiger partial charge in [0.25, 0.3) is 0 Å². The summed E-state index contributed by atoms with van der Waals surface area (Å²) in [6.07, 6.45) is 2.90. The van der Waals surface area contributed by atoms with Gasteiger partial charge in [0, 0.05) is 12.5 Å². The minimum absolute atomic E-state index is 0.0917. The monoisotopic (exact) mass is 374 g/mol. The van der Waals surface area contributed by atoms with Gasteiger partial charge in [-0.25, -0.2) is 4.79 Å². The van der Waals surface area contributed by atoms with Crippen LogP contribution in [-0.4, -0.2) is 42.3 Å². The largest absolute Gasteiger partial charge is 0.461 e. The highest BCUT2D eigenvalue weighted by Gasteiger charge is 2.23. The predicted molar refractivity (Wildman–Crippen MR) is 102 cm³/mol. The molecular weight excluding hydrogens is 348 g/mol. The van der Waals surface area contributed by atoms with Gasteiger partial charge in [-0.1, -0.05) is 30.3 Å². The first-order valence-electron chi connectivity index (χ1n) is 8.78. The van der Waals surface area contributed by atoms with E-state index in [2.05, 4.69) is 10.6 Å². The second-order valence-electron chi connectivity index (χ2n) is 6.31. The van der Waals surface area contributed by atoms with E-state index in [1.807, 2.05) is 30.3 Å². The van der Waals surface area contributed by atoms with Gasteiger partial charge < -0.3 is 20.2 Å². The molecule has 0 saturated heterocycles. The van der Waals surface area contributed by atoms with Crippen molar-refractivity contribution in [3.63, 3.8) is 0 Å². The number of esters is 1. The molecule has 7 nitrogen and oxygen atoms in total. The minimum Gasteiger partial charge on any atom is -0.461 e. The van der Waals surface area contributed by atoms with Crippen molar-refractivity contribution in [2.24, 2.45) is 0 Å². The van der Waals surface area contributed by atoms with Gasteiger partial charge in [-0.2, -0.15) is 0 Å². The lowest BCUT2D eigenvalue weighted by molar-refractivity contribution is -0.151. The van der Waals surface area contributed by atoms with Crippen LogP contribution in [0.2, 0.25) is 0 Å². The number of amides is 2. The summed E-state index contributed by atoms with van der Waals surface area (Å²) >= 11 is 0. The van der Waals surface area contributed by atoms with Crippen molar-refractivity contribution in [1.82, 2.24) is 10.6 Å². The highest BCUT2D eigenvalue weighted by Crippen LogP contribution is 2.04. The number of ether oxygens (including phenoxy) is 1. The summed E-state index contributed by atoms with van der Waals surface area (Å²) in [6, 6.07) is 8.33. The van der Waals surface area contributed by atoms with E-state index in [1.165, 1.54) is 13.0 Å². The lowest BCUT2D eigenvalue weighted by Gasteiger charge is -2.18. The van der Waals surface area contributed by atoms with Gasteiger partial charge in [-0.3, -0.25) is 9.59 Å². The fraction of sp³-hybridized carbons (Fsp3) is 0.400. The van der Waals surface area contributed by atoms with Crippen molar-refractivity contribution in [2.45, 2.75) is 45.8 Å². The summed E-state index contributed by atoms with van der Waals surface area (Å²) in [4.78, 5) is 47.0. The van der Waals surface area contributed by atoms with Crippen molar-refractivity contribution < 1.29 is 23.9 Å². The van der Waals surface area contributed by atoms with Gasteiger partial charge in [0.05, 0.1) is 12.6 Å². The second kappa shape index (κ2) is 11.6. The first kappa shape index (κ1) is 22.1. The molecule has 7 heteroatoms. The standard InChI is InChI=1S/C20H26N2O5/c1-14(2)27-20(26)17(11-9-15(3)23)22-19(25)13-21-18(24)12-10-16-7-5-4-6-8-16/h4-8,10,12,14,17H,9,11,13H2,1-3H3,(H,21,24)(H,22,25)/b12-10+. The van der Waals surface area contributed by atoms with Crippen LogP contribution in [0, 0.1) is 0 Å². The van der Waals surface area contributed by atoms with Crippen LogP contribution in [0.5, 0.6) is 0 Å². The maximum absolute atomic E-state index is 12.1. The van der Waals surface area contributed by atoms with Gasteiger partial charge in [-0.05, 0) is 38.8 Å². The number of Topliss-reactive ketones (excluding diaryl/α,β-unsaturated/α-hetero) is 1. The molecular formula is C20H26N2O5. The molecule has 0 spiro atoms. The second-order valence-corrected chi connectivity index (χ2v) is 6.31. The van der Waals surface area contributed by atoms with E-state index < -0.39 is 23.8 Å². The average molecular weight is 374 g/mol. The van der Waals surface area contributed by atoms with E-state index in [1.54, 1.807) is 19.9 Å². The number of hydrogen-bond donors (Lipinski definition) is 2. The molecule has 1 aromatic rings. The molecule has 2 amide bonds. The fourth-order valence-electron chi connectivity index (χ4n) is 2.12. The Bertz CT molecular complexity index is 683. The van der Waals surface area contributed by atoms with Gasteiger partial charge >= 0.3 is 5.97 Å². The van der Waals surface area contributed by atoms with E-state index in [0.717, 1.165) is 5.56 Å². The Labute approximate surface area is 159 Å². The molecule has 27 heavy (non-hydrogen) atoms. The number of ketones is 1. The van der Waals surface area contributed by atoms with Crippen LogP contribution in [-0.2, 0) is 23.9 Å². The molecule has 1 unspecified atom stereocenters. The van der Waals surface area contributed by atoms with Crippen LogP contribution in [0.1, 0.15) is 39.2 Å². The summed E-state index contributed by atoms with van der Waals surface area (Å²) in [5, 5.41) is 4.95. The van der Waals surface area contributed by atoms with E-state index in [0.29, 0.717) is 0 Å². The Hall–Kier alpha value is -2.96. The van der Waals surface area contributed by atoms with Crippen molar-refractivity contribution in [3.05, 3.63) is 42.0 Å². The zero-order valence-corrected chi connectivity index (χ0v) is 15.9. The maximum atomic E-state index is 12.1. The Morgan fingerprint density at radius 2 is 1.78 bits per heavy atom. The third kappa shape index (κ3) is 9.94. The van der Waals surface area contributed by atoms with Crippen LogP contribution in [0.3, 0.4) is 0 Å². The molecule has 0 fully saturated rings. The van der Waals surface area contributed by atoms with Crippen molar-refractivity contribution in [3.8, 4) is 0 Å². The molecule has 0 saturated carbocycles. The van der Waals surface area contributed by atoms with Gasteiger partial charge in [-0.15, -0.1) is 0 Å². The Morgan fingerprint density at radius 3 is 2.37 bits per heavy atom. The number of carbonyl (C=O) groups is 4. The van der Waals surface area contributed by atoms with Gasteiger partial charge in [0.15, 0.2) is 0 Å². The number of benzene rings is 1. The lowest BCUT2D eigenvalue weighted by Crippen LogP contribution is -2.46. The van der Waals surface area contributed by atoms with Crippen molar-refractivity contribution in [2.75, 3.05) is 6.54 Å². The van der Waals surface area contributed by atoms with Crippen molar-refractivity contribution >= 4 is 29.6 Å². The molecule has 1 rings (SSSR count). The zero-order valence-electron chi connectivity index (χ0n) is 15.9. The van der Waals surface area contributed by atoms with E-state index >= 15 is 0 Å². The molecule has 1 aromatic carbocycles. The average Bonchev–Trinajstić information content (AvgIpc) is 2.61. The Kier molecular flexibility index (Phi) is 9.50. The van der Waals surface area contributed by atoms with E-state index in [4.69, 9.17) is 4.74 Å². The van der Waals surface area contributed by atoms with Gasteiger partial charge in [0.2, 0.25) is 11.8 Å². The summed E-state index contributed by atoms with van der Waals surface area (Å²) in [6.45, 7) is 4.51. The quantitative estimate of drug-likeness (QED) is 0.479. The predicted octanol–water partition coefficient (Wildman–Crippen LogP) is 1.62. The summed E-state index contributed by atoms with van der Waals surface area (Å²) in [5.74, 6) is -1.66. The highest BCUT2D eigenvalue weighted by molar-refractivity contribution is 5.95. The molecule has 0 aliphatic rings. The lowest BCUT2D eigenvalue weighted by atomic mass is 10.1.